The Morgan fingerprint density at radius 1 is 1.33 bits per heavy atom. The maximum Gasteiger partial charge on any atom is 0.335 e. The van der Waals surface area contributed by atoms with Gasteiger partial charge in [-0.1, -0.05) is 0 Å². The number of carboxylic acids is 1. The van der Waals surface area contributed by atoms with Crippen LogP contribution in [0.1, 0.15) is 36.7 Å². The smallest absolute Gasteiger partial charge is 0.335 e. The highest BCUT2D eigenvalue weighted by molar-refractivity contribution is 5.88. The minimum absolute atomic E-state index is 0.268. The van der Waals surface area contributed by atoms with E-state index in [-0.39, 0.29) is 11.2 Å². The first-order chi connectivity index (χ1) is 6.79. The summed E-state index contributed by atoms with van der Waals surface area (Å²) in [5, 5.41) is 8.79. The van der Waals surface area contributed by atoms with E-state index in [1.54, 1.807) is 18.2 Å². The second-order valence-electron chi connectivity index (χ2n) is 4.50. The first-order valence-electron chi connectivity index (χ1n) is 4.82. The van der Waals surface area contributed by atoms with Crippen LogP contribution in [-0.4, -0.2) is 16.7 Å². The van der Waals surface area contributed by atoms with E-state index in [9.17, 15) is 4.79 Å². The van der Waals surface area contributed by atoms with Crippen molar-refractivity contribution in [1.82, 2.24) is 0 Å². The second kappa shape index (κ2) is 3.93. The van der Waals surface area contributed by atoms with Crippen molar-refractivity contribution in [3.05, 3.63) is 29.3 Å². The maximum atomic E-state index is 10.7. The number of rotatable bonds is 2. The molecule has 0 spiro atoms. The van der Waals surface area contributed by atoms with Gasteiger partial charge in [-0.15, -0.1) is 0 Å². The van der Waals surface area contributed by atoms with Crippen molar-refractivity contribution in [3.8, 4) is 5.75 Å². The number of hydrogen-bond acceptors (Lipinski definition) is 2. The summed E-state index contributed by atoms with van der Waals surface area (Å²) in [7, 11) is 0. The summed E-state index contributed by atoms with van der Waals surface area (Å²) < 4.78 is 5.67. The molecule has 0 saturated heterocycles. The molecular weight excluding hydrogens is 192 g/mol. The highest BCUT2D eigenvalue weighted by Crippen LogP contribution is 2.23. The Hall–Kier alpha value is -1.51. The molecule has 0 aliphatic heterocycles. The average Bonchev–Trinajstić information content (AvgIpc) is 2.05. The zero-order valence-electron chi connectivity index (χ0n) is 9.50. The van der Waals surface area contributed by atoms with Gasteiger partial charge in [-0.05, 0) is 51.5 Å². The molecule has 0 aromatic heterocycles. The molecule has 0 bridgehead atoms. The number of carboxylic acid groups (broad SMARTS) is 1. The Balaban J connectivity index is 2.99. The number of aromatic carboxylic acids is 1. The molecule has 0 unspecified atom stereocenters. The van der Waals surface area contributed by atoms with Crippen molar-refractivity contribution in [2.24, 2.45) is 0 Å². The maximum absolute atomic E-state index is 10.7. The summed E-state index contributed by atoms with van der Waals surface area (Å²) >= 11 is 0. The Morgan fingerprint density at radius 3 is 2.33 bits per heavy atom. The highest BCUT2D eigenvalue weighted by atomic mass is 16.5. The fraction of sp³-hybridized carbons (Fsp3) is 0.417. The molecule has 3 nitrogen and oxygen atoms in total. The van der Waals surface area contributed by atoms with Crippen LogP contribution in [-0.2, 0) is 0 Å². The standard InChI is InChI=1S/C12H16O3/c1-8-7-9(11(13)14)5-6-10(8)15-12(2,3)4/h5-7H,1-4H3,(H,13,14). The van der Waals surface area contributed by atoms with Crippen molar-refractivity contribution in [2.45, 2.75) is 33.3 Å². The van der Waals surface area contributed by atoms with Gasteiger partial charge in [0.25, 0.3) is 0 Å². The third kappa shape index (κ3) is 3.27. The fourth-order valence-corrected chi connectivity index (χ4v) is 1.23. The van der Waals surface area contributed by atoms with Gasteiger partial charge in [-0.3, -0.25) is 0 Å². The molecule has 15 heavy (non-hydrogen) atoms. The normalized spacial score (nSPS) is 11.2. The van der Waals surface area contributed by atoms with E-state index >= 15 is 0 Å². The number of ether oxygens (including phenoxy) is 1. The van der Waals surface area contributed by atoms with Crippen molar-refractivity contribution in [2.75, 3.05) is 0 Å². The summed E-state index contributed by atoms with van der Waals surface area (Å²) in [6, 6.07) is 4.86. The van der Waals surface area contributed by atoms with E-state index in [2.05, 4.69) is 0 Å². The van der Waals surface area contributed by atoms with Crippen LogP contribution in [0.2, 0.25) is 0 Å². The van der Waals surface area contributed by atoms with Crippen LogP contribution in [0, 0.1) is 6.92 Å². The Bertz CT molecular complexity index is 375. The van der Waals surface area contributed by atoms with Crippen LogP contribution in [0.4, 0.5) is 0 Å². The number of benzene rings is 1. The molecule has 0 saturated carbocycles. The summed E-state index contributed by atoms with van der Waals surface area (Å²) in [6.07, 6.45) is 0. The van der Waals surface area contributed by atoms with Crippen LogP contribution in [0.5, 0.6) is 5.75 Å². The van der Waals surface area contributed by atoms with E-state index in [1.807, 2.05) is 27.7 Å². The quantitative estimate of drug-likeness (QED) is 0.812. The van der Waals surface area contributed by atoms with Crippen LogP contribution >= 0.6 is 0 Å². The van der Waals surface area contributed by atoms with Gasteiger partial charge < -0.3 is 9.84 Å². The third-order valence-corrected chi connectivity index (χ3v) is 1.84. The summed E-state index contributed by atoms with van der Waals surface area (Å²) in [4.78, 5) is 10.7. The molecule has 0 aliphatic rings. The van der Waals surface area contributed by atoms with Gasteiger partial charge in [0.2, 0.25) is 0 Å². The van der Waals surface area contributed by atoms with Crippen molar-refractivity contribution < 1.29 is 14.6 Å². The second-order valence-corrected chi connectivity index (χ2v) is 4.50. The van der Waals surface area contributed by atoms with Crippen molar-refractivity contribution in [3.63, 3.8) is 0 Å². The predicted octanol–water partition coefficient (Wildman–Crippen LogP) is 2.87. The zero-order valence-corrected chi connectivity index (χ0v) is 9.50. The van der Waals surface area contributed by atoms with E-state index in [0.717, 1.165) is 11.3 Å². The molecule has 1 N–H and O–H groups in total. The topological polar surface area (TPSA) is 46.5 Å². The number of hydrogen-bond donors (Lipinski definition) is 1. The molecule has 0 atom stereocenters. The van der Waals surface area contributed by atoms with Crippen LogP contribution in [0.25, 0.3) is 0 Å². The highest BCUT2D eigenvalue weighted by Gasteiger charge is 2.14. The molecule has 0 aliphatic carbocycles. The van der Waals surface area contributed by atoms with E-state index in [4.69, 9.17) is 9.84 Å². The third-order valence-electron chi connectivity index (χ3n) is 1.84. The van der Waals surface area contributed by atoms with Gasteiger partial charge in [0.05, 0.1) is 5.56 Å². The Labute approximate surface area is 89.7 Å². The lowest BCUT2D eigenvalue weighted by Gasteiger charge is -2.22. The molecule has 0 radical (unpaired) electrons. The van der Waals surface area contributed by atoms with Crippen molar-refractivity contribution >= 4 is 5.97 Å². The lowest BCUT2D eigenvalue weighted by molar-refractivity contribution is 0.0696. The summed E-state index contributed by atoms with van der Waals surface area (Å²) in [6.45, 7) is 7.71. The van der Waals surface area contributed by atoms with Crippen molar-refractivity contribution in [1.29, 1.82) is 0 Å². The molecule has 82 valence electrons. The number of aryl methyl sites for hydroxylation is 1. The molecule has 1 aromatic carbocycles. The molecule has 3 heteroatoms. The van der Waals surface area contributed by atoms with E-state index in [0.29, 0.717) is 0 Å². The summed E-state index contributed by atoms with van der Waals surface area (Å²) in [5.74, 6) is -0.187. The Kier molecular flexibility index (Phi) is 3.03. The van der Waals surface area contributed by atoms with Crippen LogP contribution in [0.3, 0.4) is 0 Å². The Morgan fingerprint density at radius 2 is 1.93 bits per heavy atom. The lowest BCUT2D eigenvalue weighted by atomic mass is 10.1. The fourth-order valence-electron chi connectivity index (χ4n) is 1.23. The van der Waals surface area contributed by atoms with Gasteiger partial charge in [-0.2, -0.15) is 0 Å². The average molecular weight is 208 g/mol. The molecule has 0 heterocycles. The molecular formula is C12H16O3. The van der Waals surface area contributed by atoms with Gasteiger partial charge in [0.15, 0.2) is 0 Å². The zero-order chi connectivity index (χ0) is 11.6. The summed E-state index contributed by atoms with van der Waals surface area (Å²) in [5.41, 5.74) is 0.855. The first-order valence-corrected chi connectivity index (χ1v) is 4.82. The SMILES string of the molecule is Cc1cc(C(=O)O)ccc1OC(C)(C)C. The van der Waals surface area contributed by atoms with Crippen LogP contribution < -0.4 is 4.74 Å². The van der Waals surface area contributed by atoms with Gasteiger partial charge >= 0.3 is 5.97 Å². The minimum Gasteiger partial charge on any atom is -0.488 e. The minimum atomic E-state index is -0.916. The van der Waals surface area contributed by atoms with Gasteiger partial charge in [-0.25, -0.2) is 4.79 Å². The van der Waals surface area contributed by atoms with Gasteiger partial charge in [0, 0.05) is 0 Å². The number of carbonyl (C=O) groups is 1. The van der Waals surface area contributed by atoms with E-state index in [1.165, 1.54) is 0 Å². The van der Waals surface area contributed by atoms with E-state index < -0.39 is 5.97 Å². The van der Waals surface area contributed by atoms with Gasteiger partial charge in [0.1, 0.15) is 11.4 Å². The largest absolute Gasteiger partial charge is 0.488 e. The predicted molar refractivity (Wildman–Crippen MR) is 58.5 cm³/mol. The molecule has 1 aromatic rings. The first kappa shape index (κ1) is 11.6. The van der Waals surface area contributed by atoms with Crippen LogP contribution in [0.15, 0.2) is 18.2 Å². The molecule has 0 amide bonds. The molecule has 0 fully saturated rings. The monoisotopic (exact) mass is 208 g/mol. The molecule has 1 rings (SSSR count). The lowest BCUT2D eigenvalue weighted by Crippen LogP contribution is -2.23.